The molecule has 0 rings (SSSR count). The fourth-order valence-electron chi connectivity index (χ4n) is 0.297. The highest BCUT2D eigenvalue weighted by Gasteiger charge is 2.24. The Hall–Kier alpha value is -0.200. The third kappa shape index (κ3) is 2.25. The first-order valence-electron chi connectivity index (χ1n) is 2.52. The van der Waals surface area contributed by atoms with Crippen LogP contribution < -0.4 is 11.2 Å². The van der Waals surface area contributed by atoms with Gasteiger partial charge in [0.2, 0.25) is 0 Å². The molecule has 5 heteroatoms. The number of nitrogens with zero attached hydrogens (tertiary/aromatic N) is 1. The minimum absolute atomic E-state index is 1.23. The molecule has 0 aromatic rings. The number of nitrogens with one attached hydrogen (secondary N) is 1. The summed E-state index contributed by atoms with van der Waals surface area (Å²) in [6.45, 7) is 0. The number of ether oxygens (including phenoxy) is 1. The van der Waals surface area contributed by atoms with Gasteiger partial charge in [0.25, 0.3) is 0 Å². The summed E-state index contributed by atoms with van der Waals surface area (Å²) in [4.78, 5) is 0. The van der Waals surface area contributed by atoms with Crippen LogP contribution in [0.15, 0.2) is 0 Å². The molecule has 4 N–H and O–H groups in total. The van der Waals surface area contributed by atoms with E-state index >= 15 is 0 Å². The van der Waals surface area contributed by atoms with E-state index < -0.39 is 6.03 Å². The molecule has 0 bridgehead atoms. The SMILES string of the molecule is CNN(C)C(N)(O)OC. The molecule has 0 heterocycles. The summed E-state index contributed by atoms with van der Waals surface area (Å²) in [7, 11) is 4.49. The first-order valence-corrected chi connectivity index (χ1v) is 2.52. The Kier molecular flexibility index (Phi) is 3.02. The van der Waals surface area contributed by atoms with Crippen molar-refractivity contribution in [3.05, 3.63) is 0 Å². The molecule has 0 aliphatic heterocycles. The van der Waals surface area contributed by atoms with Crippen LogP contribution in [0.3, 0.4) is 0 Å². The lowest BCUT2D eigenvalue weighted by Crippen LogP contribution is -2.59. The van der Waals surface area contributed by atoms with Crippen LogP contribution in [0.2, 0.25) is 0 Å². The van der Waals surface area contributed by atoms with E-state index in [4.69, 9.17) is 10.8 Å². The third-order valence-electron chi connectivity index (χ3n) is 1.12. The van der Waals surface area contributed by atoms with Gasteiger partial charge in [-0.1, -0.05) is 0 Å². The second kappa shape index (κ2) is 3.09. The van der Waals surface area contributed by atoms with Crippen LogP contribution in [-0.2, 0) is 4.74 Å². The molecule has 0 saturated carbocycles. The fraction of sp³-hybridized carbons (Fsp3) is 1.00. The van der Waals surface area contributed by atoms with Gasteiger partial charge in [-0.05, 0) is 7.05 Å². The first-order chi connectivity index (χ1) is 4.04. The lowest BCUT2D eigenvalue weighted by Gasteiger charge is -2.29. The highest BCUT2D eigenvalue weighted by Crippen LogP contribution is 1.96. The summed E-state index contributed by atoms with van der Waals surface area (Å²) in [5.41, 5.74) is 7.76. The van der Waals surface area contributed by atoms with Gasteiger partial charge >= 0.3 is 6.03 Å². The topological polar surface area (TPSA) is 70.8 Å². The number of methoxy groups -OCH3 is 1. The first kappa shape index (κ1) is 8.80. The van der Waals surface area contributed by atoms with Crippen molar-refractivity contribution in [3.8, 4) is 0 Å². The molecule has 0 amide bonds. The average Bonchev–Trinajstić information content (AvgIpc) is 1.86. The third-order valence-corrected chi connectivity index (χ3v) is 1.12. The summed E-state index contributed by atoms with van der Waals surface area (Å²) in [6, 6.07) is -1.73. The normalized spacial score (nSPS) is 18.0. The van der Waals surface area contributed by atoms with Gasteiger partial charge in [-0.3, -0.25) is 11.2 Å². The zero-order valence-electron chi connectivity index (χ0n) is 5.88. The Bertz CT molecular complexity index is 85.9. The molecule has 0 aliphatic carbocycles. The van der Waals surface area contributed by atoms with Crippen molar-refractivity contribution in [2.75, 3.05) is 21.2 Å². The number of hydrogen-bond acceptors (Lipinski definition) is 5. The lowest BCUT2D eigenvalue weighted by molar-refractivity contribution is -0.282. The van der Waals surface area contributed by atoms with Crippen molar-refractivity contribution in [1.82, 2.24) is 10.4 Å². The zero-order chi connectivity index (χ0) is 7.49. The molecule has 0 spiro atoms. The van der Waals surface area contributed by atoms with Crippen molar-refractivity contribution in [2.45, 2.75) is 6.03 Å². The monoisotopic (exact) mass is 135 g/mol. The highest BCUT2D eigenvalue weighted by atomic mass is 16.7. The van der Waals surface area contributed by atoms with Crippen molar-refractivity contribution in [2.24, 2.45) is 5.73 Å². The van der Waals surface area contributed by atoms with Crippen molar-refractivity contribution in [3.63, 3.8) is 0 Å². The molecular formula is C4H13N3O2. The van der Waals surface area contributed by atoms with Crippen LogP contribution in [0.5, 0.6) is 0 Å². The summed E-state index contributed by atoms with van der Waals surface area (Å²) >= 11 is 0. The van der Waals surface area contributed by atoms with Gasteiger partial charge in [0, 0.05) is 14.2 Å². The molecule has 0 saturated heterocycles. The predicted octanol–water partition coefficient (Wildman–Crippen LogP) is -1.74. The molecule has 0 aromatic heterocycles. The Balaban J connectivity index is 3.80. The number of rotatable bonds is 3. The van der Waals surface area contributed by atoms with Crippen LogP contribution in [0.4, 0.5) is 0 Å². The molecule has 0 radical (unpaired) electrons. The van der Waals surface area contributed by atoms with Crippen LogP contribution in [0, 0.1) is 0 Å². The maximum Gasteiger partial charge on any atom is 0.301 e. The second-order valence-electron chi connectivity index (χ2n) is 1.65. The lowest BCUT2D eigenvalue weighted by atomic mass is 10.8. The van der Waals surface area contributed by atoms with Gasteiger partial charge in [-0.15, -0.1) is 0 Å². The number of nitrogens with two attached hydrogens (primary N) is 1. The maximum absolute atomic E-state index is 9.01. The van der Waals surface area contributed by atoms with Crippen molar-refractivity contribution >= 4 is 0 Å². The summed E-state index contributed by atoms with van der Waals surface area (Å²) in [6.07, 6.45) is 0. The predicted molar refractivity (Wildman–Crippen MR) is 33.0 cm³/mol. The van der Waals surface area contributed by atoms with Crippen LogP contribution >= 0.6 is 0 Å². The quantitative estimate of drug-likeness (QED) is 0.316. The van der Waals surface area contributed by atoms with Crippen LogP contribution in [-0.4, -0.2) is 37.4 Å². The molecule has 56 valence electrons. The summed E-state index contributed by atoms with van der Waals surface area (Å²) in [5, 5.41) is 10.2. The molecule has 0 aliphatic rings. The van der Waals surface area contributed by atoms with Gasteiger partial charge in [0.1, 0.15) is 0 Å². The van der Waals surface area contributed by atoms with Crippen LogP contribution in [0.25, 0.3) is 0 Å². The summed E-state index contributed by atoms with van der Waals surface area (Å²) < 4.78 is 4.49. The smallest absolute Gasteiger partial charge is 0.301 e. The van der Waals surface area contributed by atoms with Gasteiger partial charge < -0.3 is 9.84 Å². The molecule has 1 unspecified atom stereocenters. The summed E-state index contributed by atoms with van der Waals surface area (Å²) in [5.74, 6) is 0. The maximum atomic E-state index is 9.01. The van der Waals surface area contributed by atoms with E-state index in [2.05, 4.69) is 10.2 Å². The van der Waals surface area contributed by atoms with Gasteiger partial charge in [0.05, 0.1) is 0 Å². The van der Waals surface area contributed by atoms with E-state index in [1.807, 2.05) is 0 Å². The Labute approximate surface area is 54.4 Å². The van der Waals surface area contributed by atoms with Crippen LogP contribution in [0.1, 0.15) is 0 Å². The Morgan fingerprint density at radius 2 is 2.22 bits per heavy atom. The van der Waals surface area contributed by atoms with Gasteiger partial charge in [0.15, 0.2) is 0 Å². The average molecular weight is 135 g/mol. The van der Waals surface area contributed by atoms with E-state index in [0.29, 0.717) is 0 Å². The van der Waals surface area contributed by atoms with Gasteiger partial charge in [-0.2, -0.15) is 5.01 Å². The highest BCUT2D eigenvalue weighted by molar-refractivity contribution is 4.49. The standard InChI is InChI=1S/C4H13N3O2/c1-6-7(2)4(5,8)9-3/h6,8H,5H2,1-3H3. The second-order valence-corrected chi connectivity index (χ2v) is 1.65. The van der Waals surface area contributed by atoms with Crippen molar-refractivity contribution < 1.29 is 9.84 Å². The number of hydrogen-bond donors (Lipinski definition) is 3. The molecule has 9 heavy (non-hydrogen) atoms. The van der Waals surface area contributed by atoms with E-state index in [-0.39, 0.29) is 0 Å². The van der Waals surface area contributed by atoms with Gasteiger partial charge in [-0.25, -0.2) is 0 Å². The zero-order valence-corrected chi connectivity index (χ0v) is 5.88. The molecule has 0 fully saturated rings. The molecule has 1 atom stereocenters. The molecular weight excluding hydrogens is 122 g/mol. The largest absolute Gasteiger partial charge is 0.340 e. The van der Waals surface area contributed by atoms with E-state index in [1.165, 1.54) is 12.1 Å². The van der Waals surface area contributed by atoms with Crippen molar-refractivity contribution in [1.29, 1.82) is 0 Å². The van der Waals surface area contributed by atoms with E-state index in [0.717, 1.165) is 0 Å². The molecule has 0 aromatic carbocycles. The Morgan fingerprint density at radius 3 is 2.33 bits per heavy atom. The fourth-order valence-corrected chi connectivity index (χ4v) is 0.297. The van der Waals surface area contributed by atoms with E-state index in [9.17, 15) is 0 Å². The minimum Gasteiger partial charge on any atom is -0.340 e. The van der Waals surface area contributed by atoms with E-state index in [1.54, 1.807) is 14.1 Å². The number of hydrazine groups is 1. The Morgan fingerprint density at radius 1 is 1.78 bits per heavy atom. The molecule has 5 nitrogen and oxygen atoms in total. The minimum atomic E-state index is -1.73. The number of aliphatic hydroxyl groups is 1.